The second kappa shape index (κ2) is 8.86. The summed E-state index contributed by atoms with van der Waals surface area (Å²) in [5, 5.41) is 4.79. The van der Waals surface area contributed by atoms with E-state index in [2.05, 4.69) is 26.1 Å². The highest BCUT2D eigenvalue weighted by atomic mass is 32.1. The van der Waals surface area contributed by atoms with Crippen molar-refractivity contribution in [1.82, 2.24) is 10.3 Å². The van der Waals surface area contributed by atoms with Gasteiger partial charge in [-0.25, -0.2) is 4.98 Å². The lowest BCUT2D eigenvalue weighted by Gasteiger charge is -2.21. The van der Waals surface area contributed by atoms with E-state index in [-0.39, 0.29) is 0 Å². The van der Waals surface area contributed by atoms with E-state index in [1.807, 2.05) is 11.3 Å². The molecule has 0 saturated carbocycles. The van der Waals surface area contributed by atoms with Crippen LogP contribution in [0.15, 0.2) is 0 Å². The van der Waals surface area contributed by atoms with Gasteiger partial charge in [0.2, 0.25) is 0 Å². The van der Waals surface area contributed by atoms with Crippen LogP contribution >= 0.6 is 11.3 Å². The van der Waals surface area contributed by atoms with E-state index in [1.165, 1.54) is 41.3 Å². The standard InChI is InChI=1S/C17H30N2OS/c1-4-8-18-12-16-15(10-13(2)3)19-17(21-16)11-14-7-5-6-9-20-14/h13-14,18H,4-12H2,1-3H3. The molecule has 1 aromatic heterocycles. The van der Waals surface area contributed by atoms with Crippen molar-refractivity contribution in [3.05, 3.63) is 15.6 Å². The second-order valence-electron chi connectivity index (χ2n) is 6.44. The van der Waals surface area contributed by atoms with Gasteiger partial charge in [0.25, 0.3) is 0 Å². The van der Waals surface area contributed by atoms with Crippen molar-refractivity contribution in [1.29, 1.82) is 0 Å². The number of ether oxygens (including phenoxy) is 1. The lowest BCUT2D eigenvalue weighted by atomic mass is 10.1. The Bertz CT molecular complexity index is 411. The predicted octanol–water partition coefficient (Wildman–Crippen LogP) is 3.95. The molecule has 1 N–H and O–H groups in total. The van der Waals surface area contributed by atoms with Crippen LogP contribution in [0.25, 0.3) is 0 Å². The molecule has 1 aliphatic heterocycles. The number of rotatable bonds is 8. The fraction of sp³-hybridized carbons (Fsp3) is 0.824. The molecule has 0 aromatic carbocycles. The first kappa shape index (κ1) is 16.9. The summed E-state index contributed by atoms with van der Waals surface area (Å²) in [6, 6.07) is 0. The molecule has 1 atom stereocenters. The first-order valence-electron chi connectivity index (χ1n) is 8.48. The molecule has 120 valence electrons. The first-order valence-corrected chi connectivity index (χ1v) is 9.30. The average Bonchev–Trinajstić information content (AvgIpc) is 2.81. The molecular weight excluding hydrogens is 280 g/mol. The summed E-state index contributed by atoms with van der Waals surface area (Å²) in [6.45, 7) is 9.73. The molecule has 21 heavy (non-hydrogen) atoms. The van der Waals surface area contributed by atoms with Crippen molar-refractivity contribution in [2.24, 2.45) is 5.92 Å². The van der Waals surface area contributed by atoms with Crippen LogP contribution in [-0.2, 0) is 24.1 Å². The van der Waals surface area contributed by atoms with Crippen LogP contribution in [0.1, 0.15) is 62.0 Å². The summed E-state index contributed by atoms with van der Waals surface area (Å²) in [5.41, 5.74) is 1.31. The van der Waals surface area contributed by atoms with Crippen LogP contribution in [0.5, 0.6) is 0 Å². The van der Waals surface area contributed by atoms with Crippen molar-refractivity contribution in [2.75, 3.05) is 13.2 Å². The summed E-state index contributed by atoms with van der Waals surface area (Å²) < 4.78 is 5.86. The zero-order valence-corrected chi connectivity index (χ0v) is 14.6. The van der Waals surface area contributed by atoms with Gasteiger partial charge in [0.1, 0.15) is 0 Å². The summed E-state index contributed by atoms with van der Waals surface area (Å²) in [4.78, 5) is 6.36. The Kier molecular flexibility index (Phi) is 7.14. The van der Waals surface area contributed by atoms with E-state index < -0.39 is 0 Å². The van der Waals surface area contributed by atoms with E-state index in [0.717, 1.165) is 32.5 Å². The van der Waals surface area contributed by atoms with Crippen LogP contribution in [0.4, 0.5) is 0 Å². The highest BCUT2D eigenvalue weighted by molar-refractivity contribution is 7.11. The van der Waals surface area contributed by atoms with Crippen molar-refractivity contribution >= 4 is 11.3 Å². The van der Waals surface area contributed by atoms with Gasteiger partial charge in [0.15, 0.2) is 0 Å². The second-order valence-corrected chi connectivity index (χ2v) is 7.61. The van der Waals surface area contributed by atoms with E-state index in [1.54, 1.807) is 0 Å². The number of aromatic nitrogens is 1. The van der Waals surface area contributed by atoms with Crippen LogP contribution in [0.3, 0.4) is 0 Å². The molecule has 0 spiro atoms. The van der Waals surface area contributed by atoms with E-state index in [0.29, 0.717) is 12.0 Å². The molecule has 0 amide bonds. The van der Waals surface area contributed by atoms with Gasteiger partial charge in [0.05, 0.1) is 16.8 Å². The number of nitrogens with zero attached hydrogens (tertiary/aromatic N) is 1. The minimum absolute atomic E-state index is 0.397. The van der Waals surface area contributed by atoms with Gasteiger partial charge in [-0.1, -0.05) is 20.8 Å². The van der Waals surface area contributed by atoms with Gasteiger partial charge in [0, 0.05) is 24.4 Å². The van der Waals surface area contributed by atoms with Crippen LogP contribution in [0.2, 0.25) is 0 Å². The van der Waals surface area contributed by atoms with Gasteiger partial charge >= 0.3 is 0 Å². The van der Waals surface area contributed by atoms with Gasteiger partial charge in [-0.05, 0) is 44.6 Å². The van der Waals surface area contributed by atoms with E-state index >= 15 is 0 Å². The quantitative estimate of drug-likeness (QED) is 0.738. The smallest absolute Gasteiger partial charge is 0.0957 e. The SMILES string of the molecule is CCCNCc1sc(CC2CCCCO2)nc1CC(C)C. The van der Waals surface area contributed by atoms with Crippen molar-refractivity contribution in [3.8, 4) is 0 Å². The molecule has 0 radical (unpaired) electrons. The number of hydrogen-bond acceptors (Lipinski definition) is 4. The molecule has 3 nitrogen and oxygen atoms in total. The minimum atomic E-state index is 0.397. The maximum atomic E-state index is 5.86. The van der Waals surface area contributed by atoms with Crippen LogP contribution in [0, 0.1) is 5.92 Å². The Balaban J connectivity index is 1.99. The van der Waals surface area contributed by atoms with E-state index in [9.17, 15) is 0 Å². The summed E-state index contributed by atoms with van der Waals surface area (Å²) in [5.74, 6) is 0.663. The lowest BCUT2D eigenvalue weighted by molar-refractivity contribution is 0.0167. The van der Waals surface area contributed by atoms with Crippen molar-refractivity contribution in [2.45, 2.75) is 71.9 Å². The molecule has 4 heteroatoms. The molecule has 2 heterocycles. The molecule has 1 aromatic rings. The molecule has 0 aliphatic carbocycles. The zero-order chi connectivity index (χ0) is 15.1. The predicted molar refractivity (Wildman–Crippen MR) is 89.9 cm³/mol. The average molecular weight is 311 g/mol. The molecule has 1 saturated heterocycles. The van der Waals surface area contributed by atoms with Gasteiger partial charge in [-0.2, -0.15) is 0 Å². The highest BCUT2D eigenvalue weighted by Gasteiger charge is 2.18. The fourth-order valence-corrected chi connectivity index (χ4v) is 3.88. The Labute approximate surface area is 133 Å². The summed E-state index contributed by atoms with van der Waals surface area (Å²) in [7, 11) is 0. The van der Waals surface area contributed by atoms with Crippen LogP contribution in [-0.4, -0.2) is 24.2 Å². The highest BCUT2D eigenvalue weighted by Crippen LogP contribution is 2.25. The normalized spacial score (nSPS) is 19.3. The van der Waals surface area contributed by atoms with Gasteiger partial charge in [-0.15, -0.1) is 11.3 Å². The molecular formula is C17H30N2OS. The molecule has 0 bridgehead atoms. The maximum absolute atomic E-state index is 5.86. The molecule has 2 rings (SSSR count). The Morgan fingerprint density at radius 2 is 2.24 bits per heavy atom. The summed E-state index contributed by atoms with van der Waals surface area (Å²) in [6.07, 6.45) is 7.39. The summed E-state index contributed by atoms with van der Waals surface area (Å²) >= 11 is 1.89. The Morgan fingerprint density at radius 3 is 2.90 bits per heavy atom. The van der Waals surface area contributed by atoms with Gasteiger partial charge < -0.3 is 10.1 Å². The zero-order valence-electron chi connectivity index (χ0n) is 13.8. The van der Waals surface area contributed by atoms with Crippen molar-refractivity contribution < 1.29 is 4.74 Å². The minimum Gasteiger partial charge on any atom is -0.378 e. The molecule has 1 aliphatic rings. The first-order chi connectivity index (χ1) is 10.2. The van der Waals surface area contributed by atoms with E-state index in [4.69, 9.17) is 9.72 Å². The number of hydrogen-bond donors (Lipinski definition) is 1. The third-order valence-corrected chi connectivity index (χ3v) is 4.93. The molecule has 1 unspecified atom stereocenters. The monoisotopic (exact) mass is 310 g/mol. The Morgan fingerprint density at radius 1 is 1.38 bits per heavy atom. The van der Waals surface area contributed by atoms with Crippen molar-refractivity contribution in [3.63, 3.8) is 0 Å². The third-order valence-electron chi connectivity index (χ3n) is 3.81. The third kappa shape index (κ3) is 5.68. The van der Waals surface area contributed by atoms with Gasteiger partial charge in [-0.3, -0.25) is 0 Å². The number of nitrogens with one attached hydrogen (secondary N) is 1. The fourth-order valence-electron chi connectivity index (χ4n) is 2.75. The number of thiazole rings is 1. The lowest BCUT2D eigenvalue weighted by Crippen LogP contribution is -2.21. The Hall–Kier alpha value is -0.450. The largest absolute Gasteiger partial charge is 0.378 e. The van der Waals surface area contributed by atoms with Crippen LogP contribution < -0.4 is 5.32 Å². The maximum Gasteiger partial charge on any atom is 0.0957 e. The topological polar surface area (TPSA) is 34.1 Å². The molecule has 1 fully saturated rings.